The summed E-state index contributed by atoms with van der Waals surface area (Å²) in [7, 11) is 1.37. The molecule has 0 radical (unpaired) electrons. The van der Waals surface area contributed by atoms with Crippen LogP contribution in [-0.2, 0) is 18.9 Å². The molecule has 10 heteroatoms. The van der Waals surface area contributed by atoms with E-state index < -0.39 is 35.9 Å². The lowest BCUT2D eigenvalue weighted by molar-refractivity contribution is -0.143. The van der Waals surface area contributed by atoms with E-state index in [1.807, 2.05) is 0 Å². The van der Waals surface area contributed by atoms with E-state index in [4.69, 9.17) is 4.74 Å². The van der Waals surface area contributed by atoms with Crippen molar-refractivity contribution in [1.82, 2.24) is 10.3 Å². The Balaban J connectivity index is 2.21. The highest BCUT2D eigenvalue weighted by Gasteiger charge is 2.36. The Morgan fingerprint density at radius 3 is 2.04 bits per heavy atom. The summed E-state index contributed by atoms with van der Waals surface area (Å²) >= 11 is 0. The van der Waals surface area contributed by atoms with Crippen molar-refractivity contribution in [2.24, 2.45) is 0 Å². The third-order valence-electron chi connectivity index (χ3n) is 3.31. The average molecular weight is 378 g/mol. The summed E-state index contributed by atoms with van der Waals surface area (Å²) in [6.07, 6.45) is -8.72. The maximum absolute atomic E-state index is 12.8. The minimum absolute atomic E-state index is 0.0265. The summed E-state index contributed by atoms with van der Waals surface area (Å²) in [5.41, 5.74) is -3.14. The molecule has 26 heavy (non-hydrogen) atoms. The Bertz CT molecular complexity index is 753. The average Bonchev–Trinajstić information content (AvgIpc) is 2.58. The van der Waals surface area contributed by atoms with E-state index in [0.717, 1.165) is 0 Å². The number of pyridine rings is 1. The Kier molecular flexibility index (Phi) is 5.43. The lowest BCUT2D eigenvalue weighted by Gasteiger charge is -2.14. The number of carbonyl (C=O) groups excluding carboxylic acids is 1. The zero-order valence-electron chi connectivity index (χ0n) is 13.2. The minimum atomic E-state index is -4.94. The van der Waals surface area contributed by atoms with Gasteiger partial charge in [0.2, 0.25) is 5.88 Å². The van der Waals surface area contributed by atoms with Crippen molar-refractivity contribution in [3.8, 4) is 5.88 Å². The summed E-state index contributed by atoms with van der Waals surface area (Å²) in [5.74, 6) is -0.458. The van der Waals surface area contributed by atoms with Gasteiger partial charge < -0.3 is 10.1 Å². The molecule has 0 saturated heterocycles. The van der Waals surface area contributed by atoms with Crippen LogP contribution in [0.25, 0.3) is 0 Å². The standard InChI is InChI=1S/C16H12F6N2O2/c1-26-13-3-2-10(8-23-13)14(25)24-7-9-4-11(15(17,18)19)6-12(5-9)16(20,21)22/h2-6,8H,7H2,1H3,(H,24,25). The molecule has 1 N–H and O–H groups in total. The van der Waals surface area contributed by atoms with Crippen molar-refractivity contribution in [2.45, 2.75) is 18.9 Å². The summed E-state index contributed by atoms with van der Waals surface area (Å²) in [4.78, 5) is 15.7. The second kappa shape index (κ2) is 7.22. The topological polar surface area (TPSA) is 51.2 Å². The van der Waals surface area contributed by atoms with Gasteiger partial charge in [-0.25, -0.2) is 4.98 Å². The second-order valence-corrected chi connectivity index (χ2v) is 5.19. The van der Waals surface area contributed by atoms with Crippen molar-refractivity contribution in [1.29, 1.82) is 0 Å². The Labute approximate surface area is 143 Å². The number of methoxy groups -OCH3 is 1. The van der Waals surface area contributed by atoms with Crippen molar-refractivity contribution < 1.29 is 35.9 Å². The van der Waals surface area contributed by atoms with E-state index in [1.54, 1.807) is 0 Å². The van der Waals surface area contributed by atoms with E-state index in [2.05, 4.69) is 10.3 Å². The lowest BCUT2D eigenvalue weighted by atomic mass is 10.0. The molecule has 1 aromatic heterocycles. The van der Waals surface area contributed by atoms with E-state index >= 15 is 0 Å². The van der Waals surface area contributed by atoms with Crippen LogP contribution in [0.15, 0.2) is 36.5 Å². The quantitative estimate of drug-likeness (QED) is 0.817. The number of nitrogens with one attached hydrogen (secondary N) is 1. The maximum atomic E-state index is 12.8. The zero-order chi connectivity index (χ0) is 19.5. The molecule has 2 aromatic rings. The summed E-state index contributed by atoms with van der Waals surface area (Å²) in [6, 6.07) is 3.89. The molecule has 0 unspecified atom stereocenters. The normalized spacial score (nSPS) is 12.0. The van der Waals surface area contributed by atoms with Gasteiger partial charge in [-0.15, -0.1) is 0 Å². The Hall–Kier alpha value is -2.78. The van der Waals surface area contributed by atoms with Crippen LogP contribution in [0.4, 0.5) is 26.3 Å². The van der Waals surface area contributed by atoms with E-state index in [9.17, 15) is 31.1 Å². The molecular weight excluding hydrogens is 366 g/mol. The van der Waals surface area contributed by atoms with Gasteiger partial charge in [0, 0.05) is 18.8 Å². The zero-order valence-corrected chi connectivity index (χ0v) is 13.2. The predicted octanol–water partition coefficient (Wildman–Crippen LogP) is 4.06. The maximum Gasteiger partial charge on any atom is 0.416 e. The molecule has 4 nitrogen and oxygen atoms in total. The molecule has 0 fully saturated rings. The number of aromatic nitrogens is 1. The SMILES string of the molecule is COc1ccc(C(=O)NCc2cc(C(F)(F)F)cc(C(F)(F)F)c2)cn1. The fourth-order valence-corrected chi connectivity index (χ4v) is 2.04. The molecular formula is C16H12F6N2O2. The van der Waals surface area contributed by atoms with Gasteiger partial charge in [0.1, 0.15) is 0 Å². The van der Waals surface area contributed by atoms with Crippen LogP contribution >= 0.6 is 0 Å². The Morgan fingerprint density at radius 1 is 1.04 bits per heavy atom. The van der Waals surface area contributed by atoms with Gasteiger partial charge in [0.25, 0.3) is 5.91 Å². The molecule has 0 atom stereocenters. The molecule has 0 bridgehead atoms. The Morgan fingerprint density at radius 2 is 1.62 bits per heavy atom. The molecule has 2 rings (SSSR count). The number of nitrogens with zero attached hydrogens (tertiary/aromatic N) is 1. The van der Waals surface area contributed by atoms with E-state index in [1.165, 1.54) is 25.4 Å². The smallest absolute Gasteiger partial charge is 0.416 e. The highest BCUT2D eigenvalue weighted by atomic mass is 19.4. The number of benzene rings is 1. The molecule has 140 valence electrons. The number of ether oxygens (including phenoxy) is 1. The predicted molar refractivity (Wildman–Crippen MR) is 78.4 cm³/mol. The van der Waals surface area contributed by atoms with Crippen molar-refractivity contribution in [3.63, 3.8) is 0 Å². The first-order chi connectivity index (χ1) is 12.0. The van der Waals surface area contributed by atoms with Crippen molar-refractivity contribution in [2.75, 3.05) is 7.11 Å². The van der Waals surface area contributed by atoms with E-state index in [0.29, 0.717) is 12.1 Å². The van der Waals surface area contributed by atoms with Gasteiger partial charge >= 0.3 is 12.4 Å². The first kappa shape index (κ1) is 19.5. The van der Waals surface area contributed by atoms with Crippen molar-refractivity contribution >= 4 is 5.91 Å². The molecule has 0 spiro atoms. The monoisotopic (exact) mass is 378 g/mol. The first-order valence-corrected chi connectivity index (χ1v) is 7.07. The fraction of sp³-hybridized carbons (Fsp3) is 0.250. The summed E-state index contributed by atoms with van der Waals surface area (Å²) in [6.45, 7) is -0.516. The summed E-state index contributed by atoms with van der Waals surface area (Å²) in [5, 5.41) is 2.26. The van der Waals surface area contributed by atoms with Crippen LogP contribution in [0.1, 0.15) is 27.0 Å². The van der Waals surface area contributed by atoms with Gasteiger partial charge in [-0.05, 0) is 29.8 Å². The lowest BCUT2D eigenvalue weighted by Crippen LogP contribution is -2.23. The highest BCUT2D eigenvalue weighted by Crippen LogP contribution is 2.36. The van der Waals surface area contributed by atoms with Crippen LogP contribution in [0.2, 0.25) is 0 Å². The van der Waals surface area contributed by atoms with Crippen LogP contribution in [0, 0.1) is 0 Å². The minimum Gasteiger partial charge on any atom is -0.481 e. The molecule has 0 aliphatic heterocycles. The second-order valence-electron chi connectivity index (χ2n) is 5.19. The largest absolute Gasteiger partial charge is 0.481 e. The van der Waals surface area contributed by atoms with Gasteiger partial charge in [0.05, 0.1) is 23.8 Å². The third kappa shape index (κ3) is 4.87. The number of alkyl halides is 6. The molecule has 1 heterocycles. The van der Waals surface area contributed by atoms with Gasteiger partial charge in [-0.2, -0.15) is 26.3 Å². The van der Waals surface area contributed by atoms with Gasteiger partial charge in [0.15, 0.2) is 0 Å². The van der Waals surface area contributed by atoms with Crippen LogP contribution < -0.4 is 10.1 Å². The van der Waals surface area contributed by atoms with Crippen molar-refractivity contribution in [3.05, 3.63) is 58.8 Å². The molecule has 0 aliphatic rings. The fourth-order valence-electron chi connectivity index (χ4n) is 2.04. The van der Waals surface area contributed by atoms with Gasteiger partial charge in [-0.1, -0.05) is 0 Å². The highest BCUT2D eigenvalue weighted by molar-refractivity contribution is 5.93. The van der Waals surface area contributed by atoms with Crippen LogP contribution in [0.5, 0.6) is 5.88 Å². The summed E-state index contributed by atoms with van der Waals surface area (Å²) < 4.78 is 81.6. The van der Waals surface area contributed by atoms with E-state index in [-0.39, 0.29) is 23.1 Å². The number of hydrogen-bond donors (Lipinski definition) is 1. The van der Waals surface area contributed by atoms with Crippen LogP contribution in [0.3, 0.4) is 0 Å². The molecule has 1 amide bonds. The first-order valence-electron chi connectivity index (χ1n) is 7.07. The molecule has 1 aromatic carbocycles. The number of carbonyl (C=O) groups is 1. The molecule has 0 saturated carbocycles. The number of rotatable bonds is 4. The third-order valence-corrected chi connectivity index (χ3v) is 3.31. The number of amides is 1. The van der Waals surface area contributed by atoms with Crippen LogP contribution in [-0.4, -0.2) is 18.0 Å². The number of halogens is 6. The van der Waals surface area contributed by atoms with Gasteiger partial charge in [-0.3, -0.25) is 4.79 Å². The molecule has 0 aliphatic carbocycles. The number of hydrogen-bond acceptors (Lipinski definition) is 3.